The van der Waals surface area contributed by atoms with Gasteiger partial charge in [-0.15, -0.1) is 0 Å². The Morgan fingerprint density at radius 1 is 1.38 bits per heavy atom. The third-order valence-corrected chi connectivity index (χ3v) is 4.90. The minimum atomic E-state index is -0.959. The van der Waals surface area contributed by atoms with Crippen molar-refractivity contribution < 1.29 is 19.5 Å². The molecule has 0 radical (unpaired) electrons. The van der Waals surface area contributed by atoms with Crippen LogP contribution in [0.4, 0.5) is 0 Å². The molecule has 3 N–H and O–H groups in total. The Morgan fingerprint density at radius 2 is 2.04 bits per heavy atom. The van der Waals surface area contributed by atoms with Gasteiger partial charge < -0.3 is 20.6 Å². The summed E-state index contributed by atoms with van der Waals surface area (Å²) in [6.45, 7) is 1.73. The molecule has 0 spiro atoms. The number of hydrogen-bond acceptors (Lipinski definition) is 4. The molecule has 2 aliphatic rings. The van der Waals surface area contributed by atoms with E-state index in [1.807, 2.05) is 0 Å². The summed E-state index contributed by atoms with van der Waals surface area (Å²) in [5.41, 5.74) is 0.515. The van der Waals surface area contributed by atoms with Gasteiger partial charge in [-0.2, -0.15) is 0 Å². The number of hydrogen-bond donors (Lipinski definition) is 3. The molecular formula is C16H18BrN3O4. The lowest BCUT2D eigenvalue weighted by atomic mass is 10.0. The van der Waals surface area contributed by atoms with Gasteiger partial charge in [0.15, 0.2) is 0 Å². The maximum absolute atomic E-state index is 12.4. The number of amides is 3. The highest BCUT2D eigenvalue weighted by molar-refractivity contribution is 9.10. The van der Waals surface area contributed by atoms with Crippen molar-refractivity contribution in [2.24, 2.45) is 0 Å². The van der Waals surface area contributed by atoms with Crippen molar-refractivity contribution >= 4 is 33.7 Å². The second-order valence-corrected chi connectivity index (χ2v) is 7.06. The average molecular weight is 396 g/mol. The number of rotatable bonds is 3. The van der Waals surface area contributed by atoms with Crippen molar-refractivity contribution in [3.63, 3.8) is 0 Å². The van der Waals surface area contributed by atoms with Crippen molar-refractivity contribution in [1.82, 2.24) is 15.5 Å². The first-order chi connectivity index (χ1) is 11.4. The summed E-state index contributed by atoms with van der Waals surface area (Å²) in [5, 5.41) is 15.0. The Morgan fingerprint density at radius 3 is 2.67 bits per heavy atom. The molecule has 3 rings (SSSR count). The van der Waals surface area contributed by atoms with Gasteiger partial charge in [0.2, 0.25) is 11.8 Å². The summed E-state index contributed by atoms with van der Waals surface area (Å²) < 4.78 is 0.878. The fraction of sp³-hybridized carbons (Fsp3) is 0.438. The highest BCUT2D eigenvalue weighted by Crippen LogP contribution is 2.24. The Hall–Kier alpha value is -1.93. The third-order valence-electron chi connectivity index (χ3n) is 4.37. The smallest absolute Gasteiger partial charge is 0.251 e. The Kier molecular flexibility index (Phi) is 4.60. The van der Waals surface area contributed by atoms with Gasteiger partial charge in [-0.3, -0.25) is 14.4 Å². The number of aliphatic hydroxyl groups is 1. The van der Waals surface area contributed by atoms with Crippen LogP contribution >= 0.6 is 15.9 Å². The van der Waals surface area contributed by atoms with E-state index in [2.05, 4.69) is 26.6 Å². The van der Waals surface area contributed by atoms with Crippen LogP contribution in [0.2, 0.25) is 0 Å². The zero-order valence-corrected chi connectivity index (χ0v) is 14.6. The standard InChI is InChI=1S/C16H18BrN3O4/c1-8(21)13-16(24)20-7-11(6-12(20)15(23)19-13)18-14(22)9-2-4-10(17)5-3-9/h2-5,8,11-13,21H,6-7H2,1H3,(H,18,22)(H,19,23)/t8-,11-,12-,13+/m0/s1. The number of benzene rings is 1. The molecule has 0 unspecified atom stereocenters. The Balaban J connectivity index is 1.68. The molecule has 2 heterocycles. The lowest BCUT2D eigenvalue weighted by Crippen LogP contribution is -2.64. The number of halogens is 1. The zero-order chi connectivity index (χ0) is 17.4. The number of nitrogens with one attached hydrogen (secondary N) is 2. The molecule has 4 atom stereocenters. The zero-order valence-electron chi connectivity index (χ0n) is 13.0. The summed E-state index contributed by atoms with van der Waals surface area (Å²) in [7, 11) is 0. The molecule has 2 saturated heterocycles. The van der Waals surface area contributed by atoms with Gasteiger partial charge in [0, 0.05) is 22.6 Å². The quantitative estimate of drug-likeness (QED) is 0.672. The second-order valence-electron chi connectivity index (χ2n) is 6.15. The summed E-state index contributed by atoms with van der Waals surface area (Å²) in [6, 6.07) is 5.13. The maximum atomic E-state index is 12.4. The number of piperazine rings is 1. The largest absolute Gasteiger partial charge is 0.391 e. The lowest BCUT2D eigenvalue weighted by molar-refractivity contribution is -0.149. The van der Waals surface area contributed by atoms with Crippen molar-refractivity contribution in [3.8, 4) is 0 Å². The molecule has 8 heteroatoms. The molecule has 2 fully saturated rings. The van der Waals surface area contributed by atoms with Crippen LogP contribution in [0.1, 0.15) is 23.7 Å². The van der Waals surface area contributed by atoms with E-state index >= 15 is 0 Å². The van der Waals surface area contributed by atoms with Crippen LogP contribution in [0.25, 0.3) is 0 Å². The van der Waals surface area contributed by atoms with Gasteiger partial charge in [-0.05, 0) is 37.6 Å². The molecular weight excluding hydrogens is 378 g/mol. The van der Waals surface area contributed by atoms with Crippen LogP contribution in [-0.2, 0) is 9.59 Å². The molecule has 7 nitrogen and oxygen atoms in total. The van der Waals surface area contributed by atoms with Crippen molar-refractivity contribution in [3.05, 3.63) is 34.3 Å². The molecule has 2 aliphatic heterocycles. The molecule has 3 amide bonds. The van der Waals surface area contributed by atoms with E-state index in [0.717, 1.165) is 4.47 Å². The topological polar surface area (TPSA) is 98.7 Å². The Labute approximate surface area is 147 Å². The fourth-order valence-corrected chi connectivity index (χ4v) is 3.38. The third kappa shape index (κ3) is 3.16. The number of aliphatic hydroxyl groups excluding tert-OH is 1. The lowest BCUT2D eigenvalue weighted by Gasteiger charge is -2.35. The molecule has 0 saturated carbocycles. The first-order valence-corrected chi connectivity index (χ1v) is 8.51. The van der Waals surface area contributed by atoms with Crippen LogP contribution in [0.3, 0.4) is 0 Å². The SMILES string of the molecule is C[C@H](O)[C@H]1NC(=O)[C@@H]2C[C@H](NC(=O)c3ccc(Br)cc3)CN2C1=O. The van der Waals surface area contributed by atoms with Crippen LogP contribution in [0.5, 0.6) is 0 Å². The minimum Gasteiger partial charge on any atom is -0.391 e. The van der Waals surface area contributed by atoms with Gasteiger partial charge in [-0.1, -0.05) is 15.9 Å². The normalized spacial score (nSPS) is 27.5. The first-order valence-electron chi connectivity index (χ1n) is 7.72. The van der Waals surface area contributed by atoms with Gasteiger partial charge in [0.05, 0.1) is 6.10 Å². The van der Waals surface area contributed by atoms with E-state index < -0.39 is 18.2 Å². The summed E-state index contributed by atoms with van der Waals surface area (Å²) in [4.78, 5) is 38.2. The van der Waals surface area contributed by atoms with E-state index in [-0.39, 0.29) is 30.3 Å². The average Bonchev–Trinajstić information content (AvgIpc) is 2.96. The molecule has 24 heavy (non-hydrogen) atoms. The predicted octanol–water partition coefficient (Wildman–Crippen LogP) is 0.0276. The van der Waals surface area contributed by atoms with E-state index in [0.29, 0.717) is 12.0 Å². The Bertz CT molecular complexity index is 676. The molecule has 1 aromatic carbocycles. The van der Waals surface area contributed by atoms with Gasteiger partial charge in [-0.25, -0.2) is 0 Å². The van der Waals surface area contributed by atoms with Gasteiger partial charge in [0.1, 0.15) is 12.1 Å². The summed E-state index contributed by atoms with van der Waals surface area (Å²) in [6.07, 6.45) is -0.592. The van der Waals surface area contributed by atoms with Crippen molar-refractivity contribution in [2.75, 3.05) is 6.54 Å². The van der Waals surface area contributed by atoms with Crippen LogP contribution in [-0.4, -0.2) is 58.5 Å². The molecule has 1 aromatic rings. The second kappa shape index (κ2) is 6.52. The fourth-order valence-electron chi connectivity index (χ4n) is 3.12. The molecule has 0 aromatic heterocycles. The van der Waals surface area contributed by atoms with E-state index in [4.69, 9.17) is 0 Å². The monoisotopic (exact) mass is 395 g/mol. The minimum absolute atomic E-state index is 0.243. The molecule has 0 aliphatic carbocycles. The van der Waals surface area contributed by atoms with E-state index in [1.54, 1.807) is 24.3 Å². The number of nitrogens with zero attached hydrogens (tertiary/aromatic N) is 1. The highest BCUT2D eigenvalue weighted by Gasteiger charge is 2.47. The number of fused-ring (bicyclic) bond motifs is 1. The van der Waals surface area contributed by atoms with Crippen LogP contribution < -0.4 is 10.6 Å². The molecule has 128 valence electrons. The number of carbonyl (C=O) groups excluding carboxylic acids is 3. The van der Waals surface area contributed by atoms with Crippen LogP contribution in [0.15, 0.2) is 28.7 Å². The number of carbonyl (C=O) groups is 3. The summed E-state index contributed by atoms with van der Waals surface area (Å²) >= 11 is 3.31. The first kappa shape index (κ1) is 16.9. The summed E-state index contributed by atoms with van der Waals surface area (Å²) in [5.74, 6) is -0.844. The van der Waals surface area contributed by atoms with Gasteiger partial charge >= 0.3 is 0 Å². The van der Waals surface area contributed by atoms with E-state index in [9.17, 15) is 19.5 Å². The predicted molar refractivity (Wildman–Crippen MR) is 89.1 cm³/mol. The van der Waals surface area contributed by atoms with E-state index in [1.165, 1.54) is 11.8 Å². The van der Waals surface area contributed by atoms with Crippen molar-refractivity contribution in [1.29, 1.82) is 0 Å². The maximum Gasteiger partial charge on any atom is 0.251 e. The van der Waals surface area contributed by atoms with Crippen LogP contribution in [0, 0.1) is 0 Å². The highest BCUT2D eigenvalue weighted by atomic mass is 79.9. The van der Waals surface area contributed by atoms with Crippen molar-refractivity contribution in [2.45, 2.75) is 37.6 Å². The van der Waals surface area contributed by atoms with Gasteiger partial charge in [0.25, 0.3) is 5.91 Å². The molecule has 0 bridgehead atoms.